The predicted molar refractivity (Wildman–Crippen MR) is 135 cm³/mol. The van der Waals surface area contributed by atoms with Crippen molar-refractivity contribution in [2.24, 2.45) is 5.41 Å². The van der Waals surface area contributed by atoms with Gasteiger partial charge in [0.1, 0.15) is 5.58 Å². The number of furan rings is 1. The maximum Gasteiger partial charge on any atom is 0.394 e. The van der Waals surface area contributed by atoms with E-state index in [1.54, 1.807) is 0 Å². The summed E-state index contributed by atoms with van der Waals surface area (Å²) < 4.78 is 47.1. The number of aromatic nitrogens is 1. The molecule has 35 heavy (non-hydrogen) atoms. The Bertz CT molecular complexity index is 1480. The van der Waals surface area contributed by atoms with Gasteiger partial charge in [-0.3, -0.25) is 0 Å². The molecule has 1 atom stereocenters. The van der Waals surface area contributed by atoms with Crippen molar-refractivity contribution < 1.29 is 17.6 Å². The molecule has 1 aliphatic heterocycles. The number of hydrogen-bond acceptors (Lipinski definition) is 3. The van der Waals surface area contributed by atoms with Crippen molar-refractivity contribution in [1.29, 1.82) is 0 Å². The molecule has 182 valence electrons. The van der Waals surface area contributed by atoms with E-state index in [-0.39, 0.29) is 12.5 Å². The Labute approximate surface area is 203 Å². The van der Waals surface area contributed by atoms with Crippen LogP contribution in [-0.2, 0) is 0 Å². The van der Waals surface area contributed by atoms with E-state index in [0.717, 1.165) is 55.6 Å². The SMILES string of the molecule is Cc1ccc2c(n1)oc1c(C3=CC=C4C(CC(C)(C)C(F)(F)F)=CC=CC4N3C)c(C)c(C)cc12. The fourth-order valence-corrected chi connectivity index (χ4v) is 5.06. The van der Waals surface area contributed by atoms with E-state index < -0.39 is 11.6 Å². The Morgan fingerprint density at radius 3 is 2.49 bits per heavy atom. The van der Waals surface area contributed by atoms with Crippen molar-refractivity contribution >= 4 is 27.8 Å². The maximum atomic E-state index is 13.6. The summed E-state index contributed by atoms with van der Waals surface area (Å²) in [5.41, 5.74) is 6.32. The lowest BCUT2D eigenvalue weighted by Gasteiger charge is -2.39. The van der Waals surface area contributed by atoms with E-state index in [9.17, 15) is 13.2 Å². The van der Waals surface area contributed by atoms with Crippen LogP contribution in [0, 0.1) is 26.2 Å². The molecule has 1 aromatic carbocycles. The van der Waals surface area contributed by atoms with Gasteiger partial charge in [0.2, 0.25) is 5.71 Å². The quantitative estimate of drug-likeness (QED) is 0.382. The van der Waals surface area contributed by atoms with Crippen LogP contribution in [0.2, 0.25) is 0 Å². The highest BCUT2D eigenvalue weighted by atomic mass is 19.4. The van der Waals surface area contributed by atoms with Gasteiger partial charge < -0.3 is 9.32 Å². The van der Waals surface area contributed by atoms with Gasteiger partial charge in [-0.05, 0) is 73.7 Å². The summed E-state index contributed by atoms with van der Waals surface area (Å²) in [7, 11) is 1.99. The third-order valence-corrected chi connectivity index (χ3v) is 7.44. The average molecular weight is 479 g/mol. The van der Waals surface area contributed by atoms with Crippen molar-refractivity contribution in [2.75, 3.05) is 7.05 Å². The predicted octanol–water partition coefficient (Wildman–Crippen LogP) is 7.96. The van der Waals surface area contributed by atoms with E-state index in [2.05, 4.69) is 29.8 Å². The van der Waals surface area contributed by atoms with Crippen molar-refractivity contribution in [3.63, 3.8) is 0 Å². The largest absolute Gasteiger partial charge is 0.437 e. The fourth-order valence-electron chi connectivity index (χ4n) is 5.06. The molecule has 6 heteroatoms. The number of allylic oxidation sites excluding steroid dienone is 4. The van der Waals surface area contributed by atoms with Crippen LogP contribution in [-0.4, -0.2) is 29.1 Å². The lowest BCUT2D eigenvalue weighted by Crippen LogP contribution is -2.37. The van der Waals surface area contributed by atoms with Crippen LogP contribution in [0.5, 0.6) is 0 Å². The Morgan fingerprint density at radius 2 is 1.77 bits per heavy atom. The molecule has 0 saturated heterocycles. The van der Waals surface area contributed by atoms with Crippen LogP contribution in [0.25, 0.3) is 27.8 Å². The second-order valence-corrected chi connectivity index (χ2v) is 10.3. The van der Waals surface area contributed by atoms with Crippen LogP contribution in [0.3, 0.4) is 0 Å². The molecule has 0 fully saturated rings. The number of aryl methyl sites for hydroxylation is 2. The number of alkyl halides is 3. The maximum absolute atomic E-state index is 13.6. The highest BCUT2D eigenvalue weighted by molar-refractivity contribution is 6.08. The van der Waals surface area contributed by atoms with Gasteiger partial charge in [-0.2, -0.15) is 13.2 Å². The Morgan fingerprint density at radius 1 is 1.03 bits per heavy atom. The molecule has 1 unspecified atom stereocenters. The van der Waals surface area contributed by atoms with Gasteiger partial charge in [0.25, 0.3) is 0 Å². The Balaban J connectivity index is 1.65. The molecule has 3 heterocycles. The van der Waals surface area contributed by atoms with Crippen LogP contribution in [0.1, 0.15) is 42.7 Å². The van der Waals surface area contributed by atoms with E-state index in [1.807, 2.05) is 56.5 Å². The Hall–Kier alpha value is -3.28. The number of pyridine rings is 1. The lowest BCUT2D eigenvalue weighted by atomic mass is 9.78. The molecule has 3 aromatic rings. The fraction of sp³-hybridized carbons (Fsp3) is 0.345. The number of benzene rings is 1. The highest BCUT2D eigenvalue weighted by Gasteiger charge is 2.48. The lowest BCUT2D eigenvalue weighted by molar-refractivity contribution is -0.210. The first kappa shape index (κ1) is 23.5. The van der Waals surface area contributed by atoms with Crippen molar-refractivity contribution in [3.8, 4) is 0 Å². The molecule has 0 N–H and O–H groups in total. The average Bonchev–Trinajstić information content (AvgIpc) is 3.12. The van der Waals surface area contributed by atoms with Gasteiger partial charge in [0.15, 0.2) is 0 Å². The standard InChI is InChI=1S/C29H29F3N2O/c1-16-14-22-21-11-10-17(2)33-27(21)35-26(22)25(18(16)3)24-13-12-20-19(8-7-9-23(20)34(24)6)15-28(4,5)29(30,31)32/h7-14,23H,15H2,1-6H3. The van der Waals surface area contributed by atoms with Gasteiger partial charge in [0, 0.05) is 34.8 Å². The topological polar surface area (TPSA) is 29.3 Å². The van der Waals surface area contributed by atoms with Crippen molar-refractivity contribution in [3.05, 3.63) is 82.1 Å². The minimum Gasteiger partial charge on any atom is -0.437 e. The number of likely N-dealkylation sites (N-methyl/N-ethyl adjacent to an activating group) is 1. The van der Waals surface area contributed by atoms with Gasteiger partial charge in [-0.1, -0.05) is 38.2 Å². The zero-order valence-corrected chi connectivity index (χ0v) is 20.8. The molecule has 1 aliphatic carbocycles. The zero-order valence-electron chi connectivity index (χ0n) is 20.8. The highest BCUT2D eigenvalue weighted by Crippen LogP contribution is 2.46. The number of rotatable bonds is 3. The summed E-state index contributed by atoms with van der Waals surface area (Å²) in [6, 6.07) is 6.01. The van der Waals surface area contributed by atoms with Crippen molar-refractivity contribution in [1.82, 2.24) is 9.88 Å². The number of fused-ring (bicyclic) bond motifs is 4. The summed E-state index contributed by atoms with van der Waals surface area (Å²) in [5, 5.41) is 1.99. The molecular formula is C29H29F3N2O. The molecule has 0 radical (unpaired) electrons. The van der Waals surface area contributed by atoms with E-state index in [4.69, 9.17) is 4.42 Å². The number of nitrogens with zero attached hydrogens (tertiary/aromatic N) is 2. The van der Waals surface area contributed by atoms with E-state index >= 15 is 0 Å². The smallest absolute Gasteiger partial charge is 0.394 e. The van der Waals surface area contributed by atoms with Crippen LogP contribution in [0.15, 0.2) is 64.1 Å². The molecule has 0 saturated carbocycles. The molecule has 2 aliphatic rings. The van der Waals surface area contributed by atoms with Crippen molar-refractivity contribution in [2.45, 2.75) is 53.3 Å². The number of hydrogen-bond donors (Lipinski definition) is 0. The van der Waals surface area contributed by atoms with Crippen LogP contribution in [0.4, 0.5) is 13.2 Å². The second-order valence-electron chi connectivity index (χ2n) is 10.3. The van der Waals surface area contributed by atoms with Gasteiger partial charge in [-0.25, -0.2) is 4.98 Å². The molecule has 3 nitrogen and oxygen atoms in total. The third-order valence-electron chi connectivity index (χ3n) is 7.44. The first-order valence-electron chi connectivity index (χ1n) is 11.8. The minimum absolute atomic E-state index is 0.0670. The molecule has 2 aromatic heterocycles. The van der Waals surface area contributed by atoms with Crippen LogP contribution < -0.4 is 0 Å². The first-order valence-corrected chi connectivity index (χ1v) is 11.8. The number of halogens is 3. The first-order chi connectivity index (χ1) is 16.4. The summed E-state index contributed by atoms with van der Waals surface area (Å²) in [4.78, 5) is 6.72. The molecule has 0 bridgehead atoms. The normalized spacial score (nSPS) is 18.6. The summed E-state index contributed by atoms with van der Waals surface area (Å²) >= 11 is 0. The third kappa shape index (κ3) is 3.70. The molecule has 5 rings (SSSR count). The summed E-state index contributed by atoms with van der Waals surface area (Å²) in [6.45, 7) is 8.63. The molecule has 0 amide bonds. The van der Waals surface area contributed by atoms with Crippen LogP contribution >= 0.6 is 0 Å². The van der Waals surface area contributed by atoms with E-state index in [0.29, 0.717) is 5.71 Å². The minimum atomic E-state index is -4.27. The molecular weight excluding hydrogens is 449 g/mol. The second kappa shape index (κ2) is 7.87. The monoisotopic (exact) mass is 478 g/mol. The van der Waals surface area contributed by atoms with Gasteiger partial charge >= 0.3 is 6.18 Å². The van der Waals surface area contributed by atoms with Gasteiger partial charge in [0.05, 0.1) is 11.5 Å². The Kier molecular flexibility index (Phi) is 5.28. The summed E-state index contributed by atoms with van der Waals surface area (Å²) in [6.07, 6.45) is 5.36. The molecule has 0 spiro atoms. The van der Waals surface area contributed by atoms with Gasteiger partial charge in [-0.15, -0.1) is 0 Å². The van der Waals surface area contributed by atoms with E-state index in [1.165, 1.54) is 13.8 Å². The summed E-state index contributed by atoms with van der Waals surface area (Å²) in [5.74, 6) is 0. The zero-order chi connectivity index (χ0) is 25.3.